The third kappa shape index (κ3) is 2.62. The first kappa shape index (κ1) is 16.5. The van der Waals surface area contributed by atoms with Crippen molar-refractivity contribution in [1.29, 1.82) is 0 Å². The lowest BCUT2D eigenvalue weighted by Crippen LogP contribution is -2.27. The van der Waals surface area contributed by atoms with Gasteiger partial charge in [-0.2, -0.15) is 0 Å². The largest absolute Gasteiger partial charge is 0.480 e. The van der Waals surface area contributed by atoms with E-state index in [-0.39, 0.29) is 24.1 Å². The van der Waals surface area contributed by atoms with E-state index in [4.69, 9.17) is 9.47 Å². The van der Waals surface area contributed by atoms with Gasteiger partial charge in [0.1, 0.15) is 11.4 Å². The molecule has 4 heteroatoms. The molecule has 1 atom stereocenters. The lowest BCUT2D eigenvalue weighted by Gasteiger charge is -2.25. The van der Waals surface area contributed by atoms with Crippen LogP contribution in [0.15, 0.2) is 17.9 Å². The molecule has 0 saturated carbocycles. The molecule has 0 aromatic heterocycles. The second-order valence-corrected chi connectivity index (χ2v) is 6.24. The molecule has 1 aliphatic heterocycles. The average Bonchev–Trinajstić information content (AvgIpc) is 2.69. The number of halogens is 1. The average molecular weight is 306 g/mol. The Kier molecular flexibility index (Phi) is 4.32. The summed E-state index contributed by atoms with van der Waals surface area (Å²) in [6.45, 7) is 11.5. The molecule has 1 aromatic carbocycles. The van der Waals surface area contributed by atoms with Gasteiger partial charge in [-0.15, -0.1) is 0 Å². The van der Waals surface area contributed by atoms with Gasteiger partial charge in [0.05, 0.1) is 6.61 Å². The van der Waals surface area contributed by atoms with Gasteiger partial charge in [-0.05, 0) is 57.4 Å². The lowest BCUT2D eigenvalue weighted by molar-refractivity contribution is -0.144. The third-order valence-corrected chi connectivity index (χ3v) is 4.56. The summed E-state index contributed by atoms with van der Waals surface area (Å²) in [7, 11) is 0. The van der Waals surface area contributed by atoms with Crippen LogP contribution < -0.4 is 0 Å². The smallest absolute Gasteiger partial charge is 0.373 e. The molecule has 0 fully saturated rings. The van der Waals surface area contributed by atoms with Gasteiger partial charge in [0.2, 0.25) is 5.76 Å². The second kappa shape index (κ2) is 5.75. The van der Waals surface area contributed by atoms with Crippen molar-refractivity contribution in [3.05, 3.63) is 40.4 Å². The summed E-state index contributed by atoms with van der Waals surface area (Å²) in [4.78, 5) is 12.2. The number of rotatable bonds is 3. The van der Waals surface area contributed by atoms with E-state index in [0.29, 0.717) is 5.56 Å². The Balaban J connectivity index is 2.63. The molecule has 3 nitrogen and oxygen atoms in total. The van der Waals surface area contributed by atoms with Gasteiger partial charge < -0.3 is 9.47 Å². The molecule has 120 valence electrons. The number of carbonyl (C=O) groups is 1. The van der Waals surface area contributed by atoms with Crippen molar-refractivity contribution in [3.63, 3.8) is 0 Å². The fraction of sp³-hybridized carbons (Fsp3) is 0.500. The Morgan fingerprint density at radius 1 is 1.32 bits per heavy atom. The number of ether oxygens (including phenoxy) is 2. The summed E-state index contributed by atoms with van der Waals surface area (Å²) in [6, 6.07) is 3.15. The summed E-state index contributed by atoms with van der Waals surface area (Å²) in [5.41, 5.74) is 2.55. The van der Waals surface area contributed by atoms with E-state index >= 15 is 0 Å². The van der Waals surface area contributed by atoms with E-state index in [2.05, 4.69) is 0 Å². The molecule has 0 radical (unpaired) electrons. The van der Waals surface area contributed by atoms with Gasteiger partial charge in [-0.3, -0.25) is 0 Å². The zero-order valence-electron chi connectivity index (χ0n) is 14.0. The van der Waals surface area contributed by atoms with Crippen LogP contribution in [0.5, 0.6) is 0 Å². The molecule has 0 amide bonds. The van der Waals surface area contributed by atoms with Crippen LogP contribution in [0.3, 0.4) is 0 Å². The molecular formula is C18H23FO3. The van der Waals surface area contributed by atoms with E-state index in [0.717, 1.165) is 16.7 Å². The molecule has 0 aliphatic carbocycles. The molecule has 0 bridgehead atoms. The number of benzene rings is 1. The van der Waals surface area contributed by atoms with Crippen LogP contribution in [0.1, 0.15) is 44.4 Å². The van der Waals surface area contributed by atoms with Gasteiger partial charge >= 0.3 is 5.97 Å². The maximum atomic E-state index is 13.7. The molecule has 1 heterocycles. The maximum absolute atomic E-state index is 13.7. The van der Waals surface area contributed by atoms with Crippen LogP contribution >= 0.6 is 0 Å². The quantitative estimate of drug-likeness (QED) is 0.787. The van der Waals surface area contributed by atoms with Gasteiger partial charge in [-0.1, -0.05) is 13.0 Å². The minimum absolute atomic E-state index is 0.00420. The van der Waals surface area contributed by atoms with Crippen LogP contribution in [0.4, 0.5) is 4.39 Å². The fourth-order valence-corrected chi connectivity index (χ4v) is 2.73. The summed E-state index contributed by atoms with van der Waals surface area (Å²) in [6.07, 6.45) is 0. The van der Waals surface area contributed by atoms with Crippen LogP contribution in [-0.2, 0) is 14.3 Å². The third-order valence-electron chi connectivity index (χ3n) is 4.56. The van der Waals surface area contributed by atoms with Crippen molar-refractivity contribution in [2.75, 3.05) is 6.61 Å². The molecule has 0 unspecified atom stereocenters. The Labute approximate surface area is 131 Å². The van der Waals surface area contributed by atoms with Crippen molar-refractivity contribution >= 4 is 11.5 Å². The first-order chi connectivity index (χ1) is 10.2. The normalized spacial score (nSPS) is 20.0. The molecule has 0 saturated heterocycles. The summed E-state index contributed by atoms with van der Waals surface area (Å²) in [5.74, 6) is -0.467. The summed E-state index contributed by atoms with van der Waals surface area (Å²) in [5, 5.41) is 0. The SMILES string of the molecule is CCOC(=O)C1=C(c2ccc(F)c(C)c2C)[C@H](C)C(C)(C)O1. The molecule has 1 aromatic rings. The minimum Gasteiger partial charge on any atom is -0.480 e. The molecule has 2 rings (SSSR count). The van der Waals surface area contributed by atoms with Crippen LogP contribution in [0.25, 0.3) is 5.57 Å². The predicted octanol–water partition coefficient (Wildman–Crippen LogP) is 4.16. The zero-order chi connectivity index (χ0) is 16.7. The molecule has 1 aliphatic rings. The lowest BCUT2D eigenvalue weighted by atomic mass is 9.82. The van der Waals surface area contributed by atoms with Crippen LogP contribution in [-0.4, -0.2) is 18.2 Å². The first-order valence-corrected chi connectivity index (χ1v) is 7.57. The van der Waals surface area contributed by atoms with Gasteiger partial charge in [0.15, 0.2) is 0 Å². The van der Waals surface area contributed by atoms with Gasteiger partial charge in [0, 0.05) is 11.5 Å². The van der Waals surface area contributed by atoms with Crippen molar-refractivity contribution in [2.24, 2.45) is 5.92 Å². The van der Waals surface area contributed by atoms with Crippen molar-refractivity contribution in [1.82, 2.24) is 0 Å². The van der Waals surface area contributed by atoms with E-state index in [9.17, 15) is 9.18 Å². The predicted molar refractivity (Wildman–Crippen MR) is 83.8 cm³/mol. The topological polar surface area (TPSA) is 35.5 Å². The highest BCUT2D eigenvalue weighted by Crippen LogP contribution is 2.45. The highest BCUT2D eigenvalue weighted by atomic mass is 19.1. The van der Waals surface area contributed by atoms with E-state index < -0.39 is 11.6 Å². The fourth-order valence-electron chi connectivity index (χ4n) is 2.73. The Morgan fingerprint density at radius 3 is 2.55 bits per heavy atom. The monoisotopic (exact) mass is 306 g/mol. The number of esters is 1. The zero-order valence-corrected chi connectivity index (χ0v) is 14.0. The molecule has 0 N–H and O–H groups in total. The van der Waals surface area contributed by atoms with E-state index in [1.54, 1.807) is 19.9 Å². The van der Waals surface area contributed by atoms with Crippen molar-refractivity contribution in [2.45, 2.75) is 47.1 Å². The van der Waals surface area contributed by atoms with E-state index in [1.165, 1.54) is 6.07 Å². The molecule has 22 heavy (non-hydrogen) atoms. The van der Waals surface area contributed by atoms with Crippen molar-refractivity contribution in [3.8, 4) is 0 Å². The van der Waals surface area contributed by atoms with Gasteiger partial charge in [-0.25, -0.2) is 9.18 Å². The summed E-state index contributed by atoms with van der Waals surface area (Å²) < 4.78 is 24.7. The van der Waals surface area contributed by atoms with Crippen molar-refractivity contribution < 1.29 is 18.7 Å². The Hall–Kier alpha value is -1.84. The molecular weight excluding hydrogens is 283 g/mol. The van der Waals surface area contributed by atoms with Crippen LogP contribution in [0.2, 0.25) is 0 Å². The highest BCUT2D eigenvalue weighted by Gasteiger charge is 2.44. The standard InChI is InChI=1S/C18H23FO3/c1-7-21-17(20)16-15(12(4)18(5,6)22-16)13-8-9-14(19)11(3)10(13)2/h8-9,12H,7H2,1-6H3/t12-/m0/s1. The Bertz CT molecular complexity index is 644. The summed E-state index contributed by atoms with van der Waals surface area (Å²) >= 11 is 0. The van der Waals surface area contributed by atoms with E-state index in [1.807, 2.05) is 27.7 Å². The number of hydrogen-bond donors (Lipinski definition) is 0. The number of carbonyl (C=O) groups excluding carboxylic acids is 1. The highest BCUT2D eigenvalue weighted by molar-refractivity contribution is 5.98. The van der Waals surface area contributed by atoms with Crippen LogP contribution in [0, 0.1) is 25.6 Å². The molecule has 0 spiro atoms. The maximum Gasteiger partial charge on any atom is 0.373 e. The minimum atomic E-state index is -0.508. The Morgan fingerprint density at radius 2 is 1.95 bits per heavy atom. The number of hydrogen-bond acceptors (Lipinski definition) is 3. The second-order valence-electron chi connectivity index (χ2n) is 6.24. The van der Waals surface area contributed by atoms with Gasteiger partial charge in [0.25, 0.3) is 0 Å². The first-order valence-electron chi connectivity index (χ1n) is 7.57.